The number of nitrogens with two attached hydrogens (primary N) is 1. The molecule has 216 valence electrons. The van der Waals surface area contributed by atoms with Gasteiger partial charge >= 0.3 is 5.97 Å². The Bertz CT molecular complexity index is 1200. The Morgan fingerprint density at radius 1 is 1.10 bits per heavy atom. The van der Waals surface area contributed by atoms with E-state index in [2.05, 4.69) is 46.8 Å². The van der Waals surface area contributed by atoms with Gasteiger partial charge in [0.15, 0.2) is 11.5 Å². The van der Waals surface area contributed by atoms with E-state index in [1.165, 1.54) is 36.0 Å². The van der Waals surface area contributed by atoms with Gasteiger partial charge in [0.2, 0.25) is 5.79 Å². The molecule has 5 heteroatoms. The molecule has 3 aliphatic carbocycles. The molecule has 5 rings (SSSR count). The van der Waals surface area contributed by atoms with Gasteiger partial charge < -0.3 is 20.3 Å². The summed E-state index contributed by atoms with van der Waals surface area (Å²) in [5, 5.41) is 10.2. The van der Waals surface area contributed by atoms with E-state index in [4.69, 9.17) is 15.2 Å². The fourth-order valence-electron chi connectivity index (χ4n) is 9.30. The molecule has 0 spiro atoms. The summed E-state index contributed by atoms with van der Waals surface area (Å²) in [4.78, 5) is 12.4. The Hall–Kier alpha value is -2.01. The molecular weight excluding hydrogens is 486 g/mol. The summed E-state index contributed by atoms with van der Waals surface area (Å²) >= 11 is 0. The van der Waals surface area contributed by atoms with Gasteiger partial charge in [-0.2, -0.15) is 0 Å². The van der Waals surface area contributed by atoms with Crippen molar-refractivity contribution in [2.75, 3.05) is 6.54 Å². The fourth-order valence-corrected chi connectivity index (χ4v) is 9.30. The molecule has 0 aromatic heterocycles. The van der Waals surface area contributed by atoms with Crippen LogP contribution in [0.15, 0.2) is 17.7 Å². The van der Waals surface area contributed by atoms with E-state index in [0.717, 1.165) is 55.6 Å². The molecule has 0 unspecified atom stereocenters. The molecule has 1 aromatic carbocycles. The zero-order chi connectivity index (χ0) is 28.6. The van der Waals surface area contributed by atoms with Crippen molar-refractivity contribution in [1.82, 2.24) is 0 Å². The number of ether oxygens (including phenoxy) is 2. The topological polar surface area (TPSA) is 81.8 Å². The number of carbonyl (C=O) groups is 1. The van der Waals surface area contributed by atoms with Crippen LogP contribution in [0.1, 0.15) is 122 Å². The minimum atomic E-state index is -0.661. The summed E-state index contributed by atoms with van der Waals surface area (Å²) in [6.07, 6.45) is 11.8. The van der Waals surface area contributed by atoms with Gasteiger partial charge in [-0.15, -0.1) is 0 Å². The number of carboxylic acid groups (broad SMARTS) is 1. The summed E-state index contributed by atoms with van der Waals surface area (Å²) in [5.74, 6) is 0.917. The molecular formula is C34H51NO4. The van der Waals surface area contributed by atoms with Crippen LogP contribution in [0.4, 0.5) is 0 Å². The summed E-state index contributed by atoms with van der Waals surface area (Å²) < 4.78 is 12.4. The largest absolute Gasteiger partial charge is 0.481 e. The maximum atomic E-state index is 12.4. The molecule has 3 N–H and O–H groups in total. The van der Waals surface area contributed by atoms with Crippen LogP contribution in [0.2, 0.25) is 0 Å². The van der Waals surface area contributed by atoms with Gasteiger partial charge in [-0.25, -0.2) is 0 Å². The van der Waals surface area contributed by atoms with E-state index in [1.807, 2.05) is 20.8 Å². The van der Waals surface area contributed by atoms with Crippen LogP contribution < -0.4 is 15.2 Å². The lowest BCUT2D eigenvalue weighted by atomic mass is 9.37. The third-order valence-electron chi connectivity index (χ3n) is 12.1. The maximum absolute atomic E-state index is 12.4. The number of hydrogen-bond acceptors (Lipinski definition) is 4. The van der Waals surface area contributed by atoms with Crippen molar-refractivity contribution in [3.05, 3.63) is 34.4 Å². The number of rotatable bonds is 5. The minimum absolute atomic E-state index is 0.0399. The average molecular weight is 538 g/mol. The van der Waals surface area contributed by atoms with Crippen molar-refractivity contribution < 1.29 is 19.4 Å². The van der Waals surface area contributed by atoms with Crippen LogP contribution in [0.5, 0.6) is 11.5 Å². The van der Waals surface area contributed by atoms with Crippen LogP contribution >= 0.6 is 0 Å². The molecule has 1 aromatic rings. The first-order valence-electron chi connectivity index (χ1n) is 15.3. The van der Waals surface area contributed by atoms with E-state index in [0.29, 0.717) is 12.5 Å². The first-order chi connectivity index (χ1) is 18.1. The standard InChI is InChI=1S/C34H51NO4/c1-9-22-18-25-28(39-30(3,4)38-25)21(2)27(22)23(20-35)17-24-11-10-12-34(8)26-19-32(6,29(36)37)14-13-31(26,5)15-16-33(24,34)7/h17-18,23,26H,9-16,19-20,35H2,1-8H3,(H,36,37)/b24-17+/t23-,26+,31+,32+,33+,34-/m0/s1. The third-order valence-corrected chi connectivity index (χ3v) is 12.1. The highest BCUT2D eigenvalue weighted by Crippen LogP contribution is 2.71. The summed E-state index contributed by atoms with van der Waals surface area (Å²) in [7, 11) is 0. The van der Waals surface area contributed by atoms with Crippen molar-refractivity contribution in [2.45, 2.75) is 125 Å². The number of aryl methyl sites for hydroxylation is 1. The number of carboxylic acids is 1. The predicted octanol–water partition coefficient (Wildman–Crippen LogP) is 7.92. The third kappa shape index (κ3) is 4.24. The SMILES string of the molecule is CCc1cc2c(c(C)c1[C@@H](/C=C1\CCC[C@@]3(C)[C@@H]4C[C@](C)(C(=O)O)CC[C@]4(C)CC[C@]13C)CN)OC(C)(C)O2. The molecule has 3 fully saturated rings. The smallest absolute Gasteiger partial charge is 0.309 e. The molecule has 5 nitrogen and oxygen atoms in total. The minimum Gasteiger partial charge on any atom is -0.481 e. The Labute approximate surface area is 235 Å². The highest BCUT2D eigenvalue weighted by molar-refractivity contribution is 5.74. The van der Waals surface area contributed by atoms with Gasteiger partial charge in [-0.3, -0.25) is 4.79 Å². The lowest BCUT2D eigenvalue weighted by Gasteiger charge is -2.67. The highest BCUT2D eigenvalue weighted by Gasteiger charge is 2.63. The van der Waals surface area contributed by atoms with Gasteiger partial charge in [0.05, 0.1) is 5.41 Å². The molecule has 4 aliphatic rings. The van der Waals surface area contributed by atoms with E-state index in [9.17, 15) is 9.90 Å². The maximum Gasteiger partial charge on any atom is 0.309 e. The van der Waals surface area contributed by atoms with Gasteiger partial charge in [0.25, 0.3) is 0 Å². The lowest BCUT2D eigenvalue weighted by molar-refractivity contribution is -0.174. The van der Waals surface area contributed by atoms with E-state index in [-0.39, 0.29) is 22.2 Å². The zero-order valence-corrected chi connectivity index (χ0v) is 25.6. The molecule has 1 aliphatic heterocycles. The summed E-state index contributed by atoms with van der Waals surface area (Å²) in [6.45, 7) is 18.3. The van der Waals surface area contributed by atoms with Crippen LogP contribution in [0.25, 0.3) is 0 Å². The fraction of sp³-hybridized carbons (Fsp3) is 0.735. The van der Waals surface area contributed by atoms with Crippen LogP contribution in [-0.2, 0) is 11.2 Å². The molecule has 39 heavy (non-hydrogen) atoms. The van der Waals surface area contributed by atoms with Gasteiger partial charge in [0.1, 0.15) is 0 Å². The second-order valence-electron chi connectivity index (χ2n) is 14.8. The molecule has 3 saturated carbocycles. The average Bonchev–Trinajstić information content (AvgIpc) is 3.19. The Morgan fingerprint density at radius 2 is 1.79 bits per heavy atom. The Morgan fingerprint density at radius 3 is 2.44 bits per heavy atom. The summed E-state index contributed by atoms with van der Waals surface area (Å²) in [5.41, 5.74) is 11.5. The van der Waals surface area contributed by atoms with Crippen LogP contribution in [0.3, 0.4) is 0 Å². The zero-order valence-electron chi connectivity index (χ0n) is 25.6. The Balaban J connectivity index is 1.57. The second-order valence-corrected chi connectivity index (χ2v) is 14.8. The molecule has 0 bridgehead atoms. The highest BCUT2D eigenvalue weighted by atomic mass is 16.7. The lowest BCUT2D eigenvalue weighted by Crippen LogP contribution is -2.59. The van der Waals surface area contributed by atoms with Crippen molar-refractivity contribution in [2.24, 2.45) is 33.3 Å². The molecule has 0 saturated heterocycles. The van der Waals surface area contributed by atoms with E-state index >= 15 is 0 Å². The number of allylic oxidation sites excluding steroid dienone is 1. The molecule has 6 atom stereocenters. The number of aliphatic carboxylic acids is 1. The molecule has 0 radical (unpaired) electrons. The van der Waals surface area contributed by atoms with Crippen molar-refractivity contribution >= 4 is 5.97 Å². The number of hydrogen-bond donors (Lipinski definition) is 2. The van der Waals surface area contributed by atoms with Crippen molar-refractivity contribution in [3.8, 4) is 11.5 Å². The van der Waals surface area contributed by atoms with Gasteiger partial charge in [0, 0.05) is 26.3 Å². The second kappa shape index (κ2) is 9.26. The van der Waals surface area contributed by atoms with Crippen LogP contribution in [0, 0.1) is 34.5 Å². The predicted molar refractivity (Wildman–Crippen MR) is 156 cm³/mol. The molecule has 0 amide bonds. The number of fused-ring (bicyclic) bond motifs is 4. The molecule has 1 heterocycles. The quantitative estimate of drug-likeness (QED) is 0.373. The Kier molecular flexibility index (Phi) is 6.77. The first-order valence-corrected chi connectivity index (χ1v) is 15.3. The van der Waals surface area contributed by atoms with E-state index < -0.39 is 17.2 Å². The monoisotopic (exact) mass is 537 g/mol. The van der Waals surface area contributed by atoms with Gasteiger partial charge in [-0.1, -0.05) is 39.3 Å². The van der Waals surface area contributed by atoms with Gasteiger partial charge in [-0.05, 0) is 117 Å². The van der Waals surface area contributed by atoms with Crippen molar-refractivity contribution in [3.63, 3.8) is 0 Å². The normalized spacial score (nSPS) is 38.7. The first kappa shape index (κ1) is 28.5. The number of benzene rings is 1. The van der Waals surface area contributed by atoms with Crippen LogP contribution in [-0.4, -0.2) is 23.4 Å². The summed E-state index contributed by atoms with van der Waals surface area (Å²) in [6, 6.07) is 2.17. The van der Waals surface area contributed by atoms with E-state index in [1.54, 1.807) is 0 Å². The van der Waals surface area contributed by atoms with Crippen molar-refractivity contribution in [1.29, 1.82) is 0 Å².